The summed E-state index contributed by atoms with van der Waals surface area (Å²) in [4.78, 5) is 44.4. The van der Waals surface area contributed by atoms with Gasteiger partial charge in [0.05, 0.1) is 46.6 Å². The number of benzene rings is 1. The first-order chi connectivity index (χ1) is 15.7. The molecule has 1 aromatic carbocycles. The minimum absolute atomic E-state index is 0.167. The number of aromatic nitrogens is 1. The summed E-state index contributed by atoms with van der Waals surface area (Å²) in [6.45, 7) is 0.958. The topological polar surface area (TPSA) is 165 Å². The van der Waals surface area contributed by atoms with Gasteiger partial charge in [0, 0.05) is 23.3 Å². The molecule has 0 radical (unpaired) electrons. The fraction of sp³-hybridized carbons (Fsp3) is 0.250. The second-order valence-corrected chi connectivity index (χ2v) is 8.57. The van der Waals surface area contributed by atoms with E-state index in [1.807, 2.05) is 22.6 Å². The Morgan fingerprint density at radius 2 is 2.03 bits per heavy atom. The predicted octanol–water partition coefficient (Wildman–Crippen LogP) is 1.48. The molecule has 0 saturated heterocycles. The van der Waals surface area contributed by atoms with Gasteiger partial charge in [-0.1, -0.05) is 11.6 Å². The third kappa shape index (κ3) is 6.92. The number of rotatable bonds is 8. The number of phenolic OH excluding ortho intramolecular Hbond substituents is 1. The van der Waals surface area contributed by atoms with Crippen molar-refractivity contribution in [1.29, 1.82) is 0 Å². The highest BCUT2D eigenvalue weighted by atomic mass is 127. The Morgan fingerprint density at radius 1 is 1.24 bits per heavy atom. The number of nitrogens with zero attached hydrogens (tertiary/aromatic N) is 2. The second kappa shape index (κ2) is 11.1. The number of carboxylic acids is 1. The smallest absolute Gasteiger partial charge is 0.305 e. The molecule has 6 N–H and O–H groups in total. The maximum Gasteiger partial charge on any atom is 0.305 e. The average molecular weight is 587 g/mol. The van der Waals surface area contributed by atoms with Crippen molar-refractivity contribution in [1.82, 2.24) is 20.9 Å². The number of phenols is 1. The van der Waals surface area contributed by atoms with Crippen LogP contribution in [0, 0.1) is 3.57 Å². The molecular formula is C20H20ClIN6O5. The van der Waals surface area contributed by atoms with Crippen LogP contribution in [0.5, 0.6) is 5.75 Å². The quantitative estimate of drug-likeness (QED) is 0.253. The van der Waals surface area contributed by atoms with E-state index in [1.165, 1.54) is 24.5 Å². The van der Waals surface area contributed by atoms with Gasteiger partial charge >= 0.3 is 5.97 Å². The SMILES string of the molecule is O=C(O)CC(NC(=O)CNC(=O)c1cncc(NC2=NCCN2)c1)c1cc(Cl)cc(I)c1O. The van der Waals surface area contributed by atoms with Crippen molar-refractivity contribution in [2.75, 3.05) is 25.0 Å². The minimum Gasteiger partial charge on any atom is -0.506 e. The third-order valence-electron chi connectivity index (χ3n) is 4.49. The highest BCUT2D eigenvalue weighted by molar-refractivity contribution is 14.1. The first kappa shape index (κ1) is 24.5. The molecule has 33 heavy (non-hydrogen) atoms. The highest BCUT2D eigenvalue weighted by Crippen LogP contribution is 2.33. The molecule has 174 valence electrons. The molecule has 1 aromatic heterocycles. The van der Waals surface area contributed by atoms with Gasteiger partial charge in [0.1, 0.15) is 5.75 Å². The lowest BCUT2D eigenvalue weighted by atomic mass is 10.0. The third-order valence-corrected chi connectivity index (χ3v) is 5.53. The molecule has 2 aromatic rings. The number of pyridine rings is 1. The van der Waals surface area contributed by atoms with E-state index in [2.05, 4.69) is 31.2 Å². The van der Waals surface area contributed by atoms with Gasteiger partial charge in [-0.2, -0.15) is 0 Å². The Balaban J connectivity index is 1.63. The molecule has 0 aliphatic carbocycles. The van der Waals surface area contributed by atoms with E-state index >= 15 is 0 Å². The molecule has 1 atom stereocenters. The van der Waals surface area contributed by atoms with E-state index in [1.54, 1.807) is 6.07 Å². The van der Waals surface area contributed by atoms with Crippen LogP contribution in [0.25, 0.3) is 0 Å². The summed E-state index contributed by atoms with van der Waals surface area (Å²) in [5.41, 5.74) is 0.934. The van der Waals surface area contributed by atoms with Crippen LogP contribution in [0.3, 0.4) is 0 Å². The lowest BCUT2D eigenvalue weighted by Crippen LogP contribution is -2.39. The van der Waals surface area contributed by atoms with Gasteiger partial charge in [-0.15, -0.1) is 0 Å². The number of aliphatic imine (C=N–C) groups is 1. The minimum atomic E-state index is -1.18. The van der Waals surface area contributed by atoms with Crippen molar-refractivity contribution >= 4 is 63.6 Å². The summed E-state index contributed by atoms with van der Waals surface area (Å²) in [6, 6.07) is 3.40. The Kier molecular flexibility index (Phi) is 8.27. The summed E-state index contributed by atoms with van der Waals surface area (Å²) in [5.74, 6) is -1.96. The molecule has 3 rings (SSSR count). The zero-order chi connectivity index (χ0) is 24.0. The fourth-order valence-corrected chi connectivity index (χ4v) is 4.08. The number of carboxylic acid groups (broad SMARTS) is 1. The van der Waals surface area contributed by atoms with Crippen molar-refractivity contribution in [3.8, 4) is 5.75 Å². The number of hydrogen-bond donors (Lipinski definition) is 6. The number of amides is 2. The van der Waals surface area contributed by atoms with Crippen molar-refractivity contribution < 1.29 is 24.6 Å². The van der Waals surface area contributed by atoms with E-state index in [4.69, 9.17) is 11.6 Å². The standard InChI is InChI=1S/C20H20ClIN6O5/c21-11-4-13(18(32)14(22)5-11)15(6-17(30)31)28-16(29)9-26-19(33)10-3-12(8-23-7-10)27-20-24-1-2-25-20/h3-5,7-8,15,32H,1-2,6,9H2,(H,26,33)(H,28,29)(H,30,31)(H2,24,25,27). The molecule has 11 nitrogen and oxygen atoms in total. The van der Waals surface area contributed by atoms with Gasteiger partial charge < -0.3 is 31.5 Å². The molecular weight excluding hydrogens is 567 g/mol. The average Bonchev–Trinajstić information content (AvgIpc) is 3.27. The van der Waals surface area contributed by atoms with Crippen LogP contribution in [-0.4, -0.2) is 58.6 Å². The monoisotopic (exact) mass is 586 g/mol. The normalized spacial score (nSPS) is 13.5. The number of hydrogen-bond acceptors (Lipinski definition) is 8. The largest absolute Gasteiger partial charge is 0.506 e. The number of carbonyl (C=O) groups excluding carboxylic acids is 2. The Morgan fingerprint density at radius 3 is 2.73 bits per heavy atom. The summed E-state index contributed by atoms with van der Waals surface area (Å²) in [7, 11) is 0. The van der Waals surface area contributed by atoms with Crippen LogP contribution in [0.15, 0.2) is 35.6 Å². The lowest BCUT2D eigenvalue weighted by molar-refractivity contribution is -0.137. The molecule has 0 spiro atoms. The number of halogens is 2. The van der Waals surface area contributed by atoms with Gasteiger partial charge in [-0.05, 0) is 40.8 Å². The Bertz CT molecular complexity index is 1110. The fourth-order valence-electron chi connectivity index (χ4n) is 3.02. The predicted molar refractivity (Wildman–Crippen MR) is 129 cm³/mol. The van der Waals surface area contributed by atoms with Gasteiger partial charge in [0.2, 0.25) is 5.91 Å². The number of guanidine groups is 1. The first-order valence-electron chi connectivity index (χ1n) is 9.70. The molecule has 2 heterocycles. The number of nitrogens with one attached hydrogen (secondary N) is 4. The van der Waals surface area contributed by atoms with Crippen molar-refractivity contribution in [3.63, 3.8) is 0 Å². The van der Waals surface area contributed by atoms with Crippen LogP contribution in [-0.2, 0) is 9.59 Å². The van der Waals surface area contributed by atoms with Crippen LogP contribution in [0.4, 0.5) is 5.69 Å². The summed E-state index contributed by atoms with van der Waals surface area (Å²) >= 11 is 7.87. The molecule has 13 heteroatoms. The van der Waals surface area contributed by atoms with E-state index in [-0.39, 0.29) is 21.9 Å². The number of anilines is 1. The molecule has 0 fully saturated rings. The summed E-state index contributed by atoms with van der Waals surface area (Å²) < 4.78 is 0.410. The molecule has 2 amide bonds. The van der Waals surface area contributed by atoms with Crippen LogP contribution < -0.4 is 21.3 Å². The Hall–Kier alpha value is -3.13. The number of carbonyl (C=O) groups is 3. The van der Waals surface area contributed by atoms with Gasteiger partial charge in [0.25, 0.3) is 5.91 Å². The van der Waals surface area contributed by atoms with Crippen LogP contribution in [0.1, 0.15) is 28.4 Å². The van der Waals surface area contributed by atoms with Gasteiger partial charge in [-0.25, -0.2) is 0 Å². The number of aliphatic carboxylic acids is 1. The van der Waals surface area contributed by atoms with E-state index in [0.717, 1.165) is 6.54 Å². The summed E-state index contributed by atoms with van der Waals surface area (Å²) in [5, 5.41) is 30.8. The number of aromatic hydroxyl groups is 1. The van der Waals surface area contributed by atoms with Crippen LogP contribution >= 0.6 is 34.2 Å². The van der Waals surface area contributed by atoms with Crippen molar-refractivity contribution in [3.05, 3.63) is 50.3 Å². The maximum absolute atomic E-state index is 12.5. The van der Waals surface area contributed by atoms with Gasteiger partial charge in [-0.3, -0.25) is 24.4 Å². The molecule has 0 bridgehead atoms. The van der Waals surface area contributed by atoms with Crippen molar-refractivity contribution in [2.45, 2.75) is 12.5 Å². The molecule has 1 unspecified atom stereocenters. The van der Waals surface area contributed by atoms with E-state index in [0.29, 0.717) is 21.8 Å². The maximum atomic E-state index is 12.5. The molecule has 1 aliphatic rings. The van der Waals surface area contributed by atoms with E-state index in [9.17, 15) is 24.6 Å². The second-order valence-electron chi connectivity index (χ2n) is 6.97. The zero-order valence-electron chi connectivity index (χ0n) is 17.1. The lowest BCUT2D eigenvalue weighted by Gasteiger charge is -2.20. The van der Waals surface area contributed by atoms with Gasteiger partial charge in [0.15, 0.2) is 5.96 Å². The van der Waals surface area contributed by atoms with E-state index < -0.39 is 36.8 Å². The summed E-state index contributed by atoms with van der Waals surface area (Å²) in [6.07, 6.45) is 2.39. The Labute approximate surface area is 207 Å². The van der Waals surface area contributed by atoms with Crippen LogP contribution in [0.2, 0.25) is 5.02 Å². The molecule has 1 aliphatic heterocycles. The van der Waals surface area contributed by atoms with Crippen molar-refractivity contribution in [2.24, 2.45) is 4.99 Å². The highest BCUT2D eigenvalue weighted by Gasteiger charge is 2.23. The first-order valence-corrected chi connectivity index (χ1v) is 11.2. The molecule has 0 saturated carbocycles. The zero-order valence-corrected chi connectivity index (χ0v) is 20.0.